The Morgan fingerprint density at radius 1 is 1.27 bits per heavy atom. The van der Waals surface area contributed by atoms with E-state index < -0.39 is 11.7 Å². The Kier molecular flexibility index (Phi) is 3.51. The van der Waals surface area contributed by atoms with Gasteiger partial charge in [-0.05, 0) is 42.7 Å². The number of halogens is 3. The largest absolute Gasteiger partial charge is 0.416 e. The van der Waals surface area contributed by atoms with Crippen LogP contribution in [0.2, 0.25) is 0 Å². The molecule has 3 rings (SSSR count). The summed E-state index contributed by atoms with van der Waals surface area (Å²) in [7, 11) is 0. The van der Waals surface area contributed by atoms with Gasteiger partial charge in [-0.1, -0.05) is 6.08 Å². The fourth-order valence-electron chi connectivity index (χ4n) is 2.87. The minimum Gasteiger partial charge on any atom is -0.373 e. The van der Waals surface area contributed by atoms with Crippen molar-refractivity contribution in [3.05, 3.63) is 40.5 Å². The van der Waals surface area contributed by atoms with E-state index in [0.29, 0.717) is 17.7 Å². The second-order valence-corrected chi connectivity index (χ2v) is 5.82. The molecule has 0 fully saturated rings. The third-order valence-electron chi connectivity index (χ3n) is 4.07. The van der Waals surface area contributed by atoms with E-state index in [0.717, 1.165) is 6.07 Å². The fourth-order valence-corrected chi connectivity index (χ4v) is 2.87. The highest BCUT2D eigenvalue weighted by molar-refractivity contribution is 6.00. The van der Waals surface area contributed by atoms with E-state index in [-0.39, 0.29) is 36.2 Å². The molecule has 0 unspecified atom stereocenters. The van der Waals surface area contributed by atoms with Crippen molar-refractivity contribution in [1.82, 2.24) is 4.90 Å². The highest BCUT2D eigenvalue weighted by Gasteiger charge is 2.40. The monoisotopic (exact) mass is 311 g/mol. The maximum absolute atomic E-state index is 13.4. The average molecular weight is 311 g/mol. The van der Waals surface area contributed by atoms with Gasteiger partial charge in [-0.15, -0.1) is 0 Å². The average Bonchev–Trinajstić information content (AvgIpc) is 3.05. The van der Waals surface area contributed by atoms with Gasteiger partial charge < -0.3 is 9.64 Å². The Bertz CT molecular complexity index is 662. The second-order valence-electron chi connectivity index (χ2n) is 5.82. The quantitative estimate of drug-likeness (QED) is 0.837. The highest BCUT2D eigenvalue weighted by Crippen LogP contribution is 2.40. The Morgan fingerprint density at radius 2 is 2.00 bits per heavy atom. The molecule has 1 amide bonds. The van der Waals surface area contributed by atoms with Crippen LogP contribution in [0.3, 0.4) is 0 Å². The predicted molar refractivity (Wildman–Crippen MR) is 75.2 cm³/mol. The lowest BCUT2D eigenvalue weighted by Gasteiger charge is -2.20. The Balaban J connectivity index is 2.15. The summed E-state index contributed by atoms with van der Waals surface area (Å²) in [6.07, 6.45) is -2.73. The first kappa shape index (κ1) is 15.1. The van der Waals surface area contributed by atoms with Gasteiger partial charge in [0.15, 0.2) is 0 Å². The molecule has 118 valence electrons. The van der Waals surface area contributed by atoms with E-state index in [4.69, 9.17) is 4.74 Å². The number of alkyl halides is 3. The Labute approximate surface area is 126 Å². The molecule has 1 aromatic rings. The number of rotatable bonds is 2. The van der Waals surface area contributed by atoms with Gasteiger partial charge in [0, 0.05) is 18.2 Å². The molecule has 0 bridgehead atoms. The molecule has 0 saturated carbocycles. The highest BCUT2D eigenvalue weighted by atomic mass is 19.4. The van der Waals surface area contributed by atoms with Gasteiger partial charge in [-0.3, -0.25) is 4.79 Å². The van der Waals surface area contributed by atoms with Crippen molar-refractivity contribution in [3.63, 3.8) is 0 Å². The summed E-state index contributed by atoms with van der Waals surface area (Å²) in [5.74, 6) is -0.336. The van der Waals surface area contributed by atoms with Crippen LogP contribution in [0, 0.1) is 0 Å². The van der Waals surface area contributed by atoms with Gasteiger partial charge in [0.05, 0.1) is 18.8 Å². The number of hydrogen-bond acceptors (Lipinski definition) is 2. The molecule has 0 aliphatic carbocycles. The van der Waals surface area contributed by atoms with Gasteiger partial charge in [0.2, 0.25) is 0 Å². The van der Waals surface area contributed by atoms with Crippen molar-refractivity contribution in [1.29, 1.82) is 0 Å². The topological polar surface area (TPSA) is 29.5 Å². The van der Waals surface area contributed by atoms with Gasteiger partial charge in [0.25, 0.3) is 5.91 Å². The van der Waals surface area contributed by atoms with E-state index in [1.807, 2.05) is 0 Å². The first-order valence-corrected chi connectivity index (χ1v) is 7.11. The molecule has 3 nitrogen and oxygen atoms in total. The first-order chi connectivity index (χ1) is 10.3. The lowest BCUT2D eigenvalue weighted by molar-refractivity contribution is -0.138. The minimum atomic E-state index is -4.48. The first-order valence-electron chi connectivity index (χ1n) is 7.11. The number of benzene rings is 1. The van der Waals surface area contributed by atoms with Crippen molar-refractivity contribution in [3.8, 4) is 0 Å². The Morgan fingerprint density at radius 3 is 2.55 bits per heavy atom. The number of amides is 1. The SMILES string of the molecule is CC(C)N1Cc2c(cc(C3=CCOC3)cc2C(F)(F)F)C1=O. The molecule has 22 heavy (non-hydrogen) atoms. The molecule has 0 spiro atoms. The third kappa shape index (κ3) is 2.41. The summed E-state index contributed by atoms with van der Waals surface area (Å²) in [5, 5.41) is 0. The second kappa shape index (κ2) is 5.12. The fraction of sp³-hybridized carbons (Fsp3) is 0.438. The molecular formula is C16H16F3NO2. The normalized spacial score (nSPS) is 18.2. The lowest BCUT2D eigenvalue weighted by Crippen LogP contribution is -2.30. The van der Waals surface area contributed by atoms with Crippen molar-refractivity contribution < 1.29 is 22.7 Å². The number of hydrogen-bond donors (Lipinski definition) is 0. The summed E-state index contributed by atoms with van der Waals surface area (Å²) in [5.41, 5.74) is 0.636. The molecule has 0 N–H and O–H groups in total. The van der Waals surface area contributed by atoms with Crippen LogP contribution in [0.25, 0.3) is 5.57 Å². The maximum atomic E-state index is 13.4. The van der Waals surface area contributed by atoms with Crippen LogP contribution in [0.4, 0.5) is 13.2 Å². The van der Waals surface area contributed by atoms with Crippen LogP contribution in [0.1, 0.15) is 40.9 Å². The minimum absolute atomic E-state index is 0.0104. The van der Waals surface area contributed by atoms with Crippen LogP contribution in [0.5, 0.6) is 0 Å². The predicted octanol–water partition coefficient (Wildman–Crippen LogP) is 3.48. The van der Waals surface area contributed by atoms with Gasteiger partial charge in [0.1, 0.15) is 0 Å². The molecule has 2 aliphatic rings. The van der Waals surface area contributed by atoms with Crippen LogP contribution in [-0.4, -0.2) is 30.1 Å². The summed E-state index contributed by atoms with van der Waals surface area (Å²) >= 11 is 0. The Hall–Kier alpha value is -1.82. The zero-order valence-electron chi connectivity index (χ0n) is 12.3. The van der Waals surface area contributed by atoms with Gasteiger partial charge in [-0.25, -0.2) is 0 Å². The molecule has 0 aromatic heterocycles. The van der Waals surface area contributed by atoms with Gasteiger partial charge >= 0.3 is 6.18 Å². The van der Waals surface area contributed by atoms with Crippen molar-refractivity contribution in [2.75, 3.05) is 13.2 Å². The van der Waals surface area contributed by atoms with E-state index in [1.165, 1.54) is 4.90 Å². The summed E-state index contributed by atoms with van der Waals surface area (Å²) in [6.45, 7) is 4.27. The van der Waals surface area contributed by atoms with Crippen LogP contribution < -0.4 is 0 Å². The maximum Gasteiger partial charge on any atom is 0.416 e. The summed E-state index contributed by atoms with van der Waals surface area (Å²) < 4.78 is 45.3. The molecule has 0 saturated heterocycles. The van der Waals surface area contributed by atoms with E-state index >= 15 is 0 Å². The number of carbonyl (C=O) groups excluding carboxylic acids is 1. The lowest BCUT2D eigenvalue weighted by atomic mass is 9.95. The molecule has 1 aromatic carbocycles. The molecule has 6 heteroatoms. The number of carbonyl (C=O) groups is 1. The standard InChI is InChI=1S/C16H16F3NO2/c1-9(2)20-7-13-12(15(20)21)5-11(10-3-4-22-8-10)6-14(13)16(17,18)19/h3,5-6,9H,4,7-8H2,1-2H3. The molecule has 2 aliphatic heterocycles. The summed E-state index contributed by atoms with van der Waals surface area (Å²) in [4.78, 5) is 13.9. The van der Waals surface area contributed by atoms with Crippen molar-refractivity contribution >= 4 is 11.5 Å². The summed E-state index contributed by atoms with van der Waals surface area (Å²) in [6, 6.07) is 2.56. The van der Waals surface area contributed by atoms with E-state index in [1.54, 1.807) is 26.0 Å². The molecular weight excluding hydrogens is 295 g/mol. The van der Waals surface area contributed by atoms with Crippen molar-refractivity contribution in [2.45, 2.75) is 32.6 Å². The molecule has 2 heterocycles. The smallest absolute Gasteiger partial charge is 0.373 e. The molecule has 0 atom stereocenters. The van der Waals surface area contributed by atoms with Crippen LogP contribution in [-0.2, 0) is 17.5 Å². The van der Waals surface area contributed by atoms with Gasteiger partial charge in [-0.2, -0.15) is 13.2 Å². The number of nitrogens with zero attached hydrogens (tertiary/aromatic N) is 1. The number of ether oxygens (including phenoxy) is 1. The third-order valence-corrected chi connectivity index (χ3v) is 4.07. The van der Waals surface area contributed by atoms with Crippen LogP contribution in [0.15, 0.2) is 18.2 Å². The van der Waals surface area contributed by atoms with E-state index in [9.17, 15) is 18.0 Å². The van der Waals surface area contributed by atoms with Crippen LogP contribution >= 0.6 is 0 Å². The zero-order valence-corrected chi connectivity index (χ0v) is 12.3. The number of fused-ring (bicyclic) bond motifs is 1. The van der Waals surface area contributed by atoms with E-state index in [2.05, 4.69) is 0 Å². The molecule has 0 radical (unpaired) electrons. The zero-order chi connectivity index (χ0) is 16.1. The van der Waals surface area contributed by atoms with Crippen molar-refractivity contribution in [2.24, 2.45) is 0 Å².